The van der Waals surface area contributed by atoms with E-state index in [1.54, 1.807) is 0 Å². The van der Waals surface area contributed by atoms with Gasteiger partial charge in [-0.2, -0.15) is 5.26 Å². The van der Waals surface area contributed by atoms with Gasteiger partial charge in [0.25, 0.3) is 5.91 Å². The van der Waals surface area contributed by atoms with Crippen LogP contribution in [0.15, 0.2) is 24.3 Å². The number of nitrogens with zero attached hydrogens (tertiary/aromatic N) is 1. The van der Waals surface area contributed by atoms with Gasteiger partial charge < -0.3 is 10.6 Å². The standard InChI is InChI=1S/C14H14FN3O2/c15-11-4-1-3-10(7-11)13(20)17-8-12(19)18-14(9-16)5-2-6-14/h1,3-4,7H,2,5-6,8H2,(H,17,20)(H,18,19). The molecule has 0 atom stereocenters. The fourth-order valence-electron chi connectivity index (χ4n) is 2.00. The van der Waals surface area contributed by atoms with Crippen molar-refractivity contribution >= 4 is 11.8 Å². The van der Waals surface area contributed by atoms with Crippen LogP contribution in [0.1, 0.15) is 29.6 Å². The van der Waals surface area contributed by atoms with Crippen LogP contribution in [-0.2, 0) is 4.79 Å². The Kier molecular flexibility index (Phi) is 3.99. The third kappa shape index (κ3) is 3.12. The Hall–Kier alpha value is -2.42. The second-order valence-electron chi connectivity index (χ2n) is 4.79. The zero-order chi connectivity index (χ0) is 14.6. The highest BCUT2D eigenvalue weighted by molar-refractivity contribution is 5.96. The molecule has 1 aliphatic rings. The Labute approximate surface area is 115 Å². The fourth-order valence-corrected chi connectivity index (χ4v) is 2.00. The van der Waals surface area contributed by atoms with Gasteiger partial charge in [-0.05, 0) is 37.5 Å². The van der Waals surface area contributed by atoms with Gasteiger partial charge in [-0.15, -0.1) is 0 Å². The fraction of sp³-hybridized carbons (Fsp3) is 0.357. The van der Waals surface area contributed by atoms with Gasteiger partial charge in [0, 0.05) is 5.56 Å². The van der Waals surface area contributed by atoms with E-state index in [-0.39, 0.29) is 12.1 Å². The van der Waals surface area contributed by atoms with Crippen LogP contribution >= 0.6 is 0 Å². The molecule has 1 aliphatic carbocycles. The Morgan fingerprint density at radius 3 is 2.70 bits per heavy atom. The summed E-state index contributed by atoms with van der Waals surface area (Å²) in [6.07, 6.45) is 2.17. The van der Waals surface area contributed by atoms with Crippen molar-refractivity contribution in [3.63, 3.8) is 0 Å². The van der Waals surface area contributed by atoms with Crippen LogP contribution in [0, 0.1) is 17.1 Å². The Bertz CT molecular complexity index is 576. The van der Waals surface area contributed by atoms with Crippen LogP contribution in [0.2, 0.25) is 0 Å². The van der Waals surface area contributed by atoms with Gasteiger partial charge in [0.1, 0.15) is 11.4 Å². The number of carbonyl (C=O) groups excluding carboxylic acids is 2. The normalized spacial score (nSPS) is 15.6. The van der Waals surface area contributed by atoms with Gasteiger partial charge in [-0.1, -0.05) is 6.07 Å². The molecule has 0 saturated heterocycles. The molecule has 1 aromatic carbocycles. The summed E-state index contributed by atoms with van der Waals surface area (Å²) in [5, 5.41) is 14.0. The molecule has 2 N–H and O–H groups in total. The van der Waals surface area contributed by atoms with E-state index in [4.69, 9.17) is 5.26 Å². The first-order valence-corrected chi connectivity index (χ1v) is 6.31. The lowest BCUT2D eigenvalue weighted by Crippen LogP contribution is -2.54. The molecule has 0 unspecified atom stereocenters. The second kappa shape index (κ2) is 5.70. The van der Waals surface area contributed by atoms with Gasteiger partial charge in [-0.3, -0.25) is 9.59 Å². The zero-order valence-electron chi connectivity index (χ0n) is 10.8. The van der Waals surface area contributed by atoms with Crippen molar-refractivity contribution in [1.29, 1.82) is 5.26 Å². The molecule has 20 heavy (non-hydrogen) atoms. The minimum Gasteiger partial charge on any atom is -0.343 e. The third-order valence-electron chi connectivity index (χ3n) is 3.30. The van der Waals surface area contributed by atoms with E-state index in [0.29, 0.717) is 12.8 Å². The number of nitrogens with one attached hydrogen (secondary N) is 2. The summed E-state index contributed by atoms with van der Waals surface area (Å²) >= 11 is 0. The summed E-state index contributed by atoms with van der Waals surface area (Å²) in [6, 6.07) is 7.28. The number of rotatable bonds is 4. The minimum atomic E-state index is -0.777. The molecular formula is C14H14FN3O2. The monoisotopic (exact) mass is 275 g/mol. The molecule has 1 saturated carbocycles. The van der Waals surface area contributed by atoms with Gasteiger partial charge in [0.2, 0.25) is 5.91 Å². The van der Waals surface area contributed by atoms with Gasteiger partial charge in [0.15, 0.2) is 0 Å². The summed E-state index contributed by atoms with van der Waals surface area (Å²) in [4.78, 5) is 23.4. The molecule has 0 heterocycles. The number of benzene rings is 1. The predicted molar refractivity (Wildman–Crippen MR) is 69.1 cm³/mol. The van der Waals surface area contributed by atoms with Crippen molar-refractivity contribution in [1.82, 2.24) is 10.6 Å². The van der Waals surface area contributed by atoms with Gasteiger partial charge in [0.05, 0.1) is 12.6 Å². The molecule has 2 amide bonds. The maximum absolute atomic E-state index is 13.0. The Morgan fingerprint density at radius 1 is 1.40 bits per heavy atom. The maximum Gasteiger partial charge on any atom is 0.251 e. The molecule has 5 nitrogen and oxygen atoms in total. The number of halogens is 1. The zero-order valence-corrected chi connectivity index (χ0v) is 10.8. The Balaban J connectivity index is 1.84. The molecule has 0 radical (unpaired) electrons. The molecule has 0 bridgehead atoms. The van der Waals surface area contributed by atoms with Crippen LogP contribution in [0.3, 0.4) is 0 Å². The average Bonchev–Trinajstić information content (AvgIpc) is 2.40. The molecular weight excluding hydrogens is 261 g/mol. The number of hydrogen-bond acceptors (Lipinski definition) is 3. The molecule has 0 aliphatic heterocycles. The van der Waals surface area contributed by atoms with Crippen LogP contribution in [0.4, 0.5) is 4.39 Å². The van der Waals surface area contributed by atoms with Crippen LogP contribution in [0.25, 0.3) is 0 Å². The van der Waals surface area contributed by atoms with Crippen molar-refractivity contribution < 1.29 is 14.0 Å². The highest BCUT2D eigenvalue weighted by atomic mass is 19.1. The van der Waals surface area contributed by atoms with E-state index in [1.165, 1.54) is 18.2 Å². The molecule has 2 rings (SSSR count). The van der Waals surface area contributed by atoms with E-state index < -0.39 is 23.2 Å². The summed E-state index contributed by atoms with van der Waals surface area (Å²) < 4.78 is 13.0. The second-order valence-corrected chi connectivity index (χ2v) is 4.79. The van der Waals surface area contributed by atoms with Crippen LogP contribution in [0.5, 0.6) is 0 Å². The van der Waals surface area contributed by atoms with E-state index in [9.17, 15) is 14.0 Å². The smallest absolute Gasteiger partial charge is 0.251 e. The Morgan fingerprint density at radius 2 is 2.15 bits per heavy atom. The van der Waals surface area contributed by atoms with Crippen molar-refractivity contribution in [3.05, 3.63) is 35.6 Å². The molecule has 1 fully saturated rings. The third-order valence-corrected chi connectivity index (χ3v) is 3.30. The highest BCUT2D eigenvalue weighted by Gasteiger charge is 2.38. The number of carbonyl (C=O) groups is 2. The number of amides is 2. The van der Waals surface area contributed by atoms with Gasteiger partial charge >= 0.3 is 0 Å². The van der Waals surface area contributed by atoms with Crippen molar-refractivity contribution in [2.24, 2.45) is 0 Å². The van der Waals surface area contributed by atoms with E-state index in [0.717, 1.165) is 12.5 Å². The summed E-state index contributed by atoms with van der Waals surface area (Å²) in [5.41, 5.74) is -0.628. The van der Waals surface area contributed by atoms with E-state index in [1.807, 2.05) is 0 Å². The topological polar surface area (TPSA) is 82.0 Å². The van der Waals surface area contributed by atoms with E-state index >= 15 is 0 Å². The quantitative estimate of drug-likeness (QED) is 0.863. The summed E-state index contributed by atoms with van der Waals surface area (Å²) in [6.45, 7) is -0.237. The predicted octanol–water partition coefficient (Wildman–Crippen LogP) is 1.12. The summed E-state index contributed by atoms with van der Waals surface area (Å²) in [5.74, 6) is -1.46. The molecule has 1 aromatic rings. The summed E-state index contributed by atoms with van der Waals surface area (Å²) in [7, 11) is 0. The first-order chi connectivity index (χ1) is 9.54. The first kappa shape index (κ1) is 14.0. The average molecular weight is 275 g/mol. The molecule has 0 aromatic heterocycles. The van der Waals surface area contributed by atoms with Crippen LogP contribution in [-0.4, -0.2) is 23.9 Å². The van der Waals surface area contributed by atoms with Crippen molar-refractivity contribution in [2.45, 2.75) is 24.8 Å². The maximum atomic E-state index is 13.0. The van der Waals surface area contributed by atoms with Crippen molar-refractivity contribution in [2.75, 3.05) is 6.54 Å². The number of hydrogen-bond donors (Lipinski definition) is 2. The largest absolute Gasteiger partial charge is 0.343 e. The molecule has 6 heteroatoms. The minimum absolute atomic E-state index is 0.149. The van der Waals surface area contributed by atoms with Crippen molar-refractivity contribution in [3.8, 4) is 6.07 Å². The SMILES string of the molecule is N#CC1(NC(=O)CNC(=O)c2cccc(F)c2)CCC1. The van der Waals surface area contributed by atoms with E-state index in [2.05, 4.69) is 16.7 Å². The lowest BCUT2D eigenvalue weighted by atomic mass is 9.78. The molecule has 104 valence electrons. The lowest BCUT2D eigenvalue weighted by Gasteiger charge is -2.35. The first-order valence-electron chi connectivity index (χ1n) is 6.31. The lowest BCUT2D eigenvalue weighted by molar-refractivity contribution is -0.122. The number of nitriles is 1. The highest BCUT2D eigenvalue weighted by Crippen LogP contribution is 2.30. The van der Waals surface area contributed by atoms with Crippen LogP contribution < -0.4 is 10.6 Å². The molecule has 0 spiro atoms. The van der Waals surface area contributed by atoms with Gasteiger partial charge in [-0.25, -0.2) is 4.39 Å².